The fourth-order valence-electron chi connectivity index (χ4n) is 3.79. The average Bonchev–Trinajstić information content (AvgIpc) is 2.75. The van der Waals surface area contributed by atoms with Crippen LogP contribution in [0, 0.1) is 11.3 Å². The van der Waals surface area contributed by atoms with E-state index in [1.165, 1.54) is 45.1 Å². The largest absolute Gasteiger partial charge is 0.306 e. The summed E-state index contributed by atoms with van der Waals surface area (Å²) in [5.41, 5.74) is -0.0303. The van der Waals surface area contributed by atoms with Gasteiger partial charge >= 0.3 is 0 Å². The lowest BCUT2D eigenvalue weighted by Gasteiger charge is -2.36. The number of hydrogen-bond acceptors (Lipinski definition) is 3. The lowest BCUT2D eigenvalue weighted by atomic mass is 9.75. The highest BCUT2D eigenvalue weighted by Crippen LogP contribution is 2.35. The molecule has 3 nitrogen and oxygen atoms in total. The normalized spacial score (nSPS) is 28.7. The second-order valence-corrected chi connectivity index (χ2v) is 6.65. The molecule has 2 rings (SSSR count). The highest BCUT2D eigenvalue weighted by atomic mass is 16.1. The molecule has 0 aromatic heterocycles. The number of carbonyl (C=O) groups excluding carboxylic acids is 1. The number of likely N-dealkylation sites (tertiary alicyclic amines) is 1. The highest BCUT2D eigenvalue weighted by molar-refractivity contribution is 5.60. The van der Waals surface area contributed by atoms with Crippen LogP contribution in [-0.4, -0.2) is 56.4 Å². The molecule has 0 N–H and O–H groups in total. The minimum Gasteiger partial charge on any atom is -0.306 e. The van der Waals surface area contributed by atoms with Gasteiger partial charge in [-0.2, -0.15) is 0 Å². The third kappa shape index (κ3) is 3.55. The molecule has 0 aromatic rings. The second-order valence-electron chi connectivity index (χ2n) is 6.65. The molecule has 1 aliphatic carbocycles. The Hall–Kier alpha value is -0.410. The highest BCUT2D eigenvalue weighted by Gasteiger charge is 2.33. The quantitative estimate of drug-likeness (QED) is 0.699. The zero-order chi connectivity index (χ0) is 13.0. The molecule has 18 heavy (non-hydrogen) atoms. The van der Waals surface area contributed by atoms with E-state index in [-0.39, 0.29) is 5.41 Å². The van der Waals surface area contributed by atoms with Gasteiger partial charge in [0.1, 0.15) is 6.29 Å². The Morgan fingerprint density at radius 1 is 1.33 bits per heavy atom. The summed E-state index contributed by atoms with van der Waals surface area (Å²) in [4.78, 5) is 16.3. The number of carbonyl (C=O) groups is 1. The summed E-state index contributed by atoms with van der Waals surface area (Å²) >= 11 is 0. The molecule has 0 aromatic carbocycles. The van der Waals surface area contributed by atoms with Crippen LogP contribution in [0.25, 0.3) is 0 Å². The van der Waals surface area contributed by atoms with Crippen molar-refractivity contribution in [2.24, 2.45) is 11.3 Å². The molecule has 1 atom stereocenters. The Morgan fingerprint density at radius 2 is 2.06 bits per heavy atom. The van der Waals surface area contributed by atoms with Crippen LogP contribution in [0.1, 0.15) is 38.5 Å². The summed E-state index contributed by atoms with van der Waals surface area (Å²) in [6.45, 7) is 4.58. The third-order valence-corrected chi connectivity index (χ3v) is 4.74. The molecule has 3 heteroatoms. The minimum absolute atomic E-state index is 0.0303. The molecule has 104 valence electrons. The Labute approximate surface area is 112 Å². The van der Waals surface area contributed by atoms with Gasteiger partial charge in [0, 0.05) is 25.0 Å². The lowest BCUT2D eigenvalue weighted by molar-refractivity contribution is -0.119. The Morgan fingerprint density at radius 3 is 2.61 bits per heavy atom. The molecule has 0 spiro atoms. The number of hydrogen-bond donors (Lipinski definition) is 0. The molecule has 2 fully saturated rings. The maximum absolute atomic E-state index is 11.5. The van der Waals surface area contributed by atoms with Crippen LogP contribution in [0.5, 0.6) is 0 Å². The van der Waals surface area contributed by atoms with Gasteiger partial charge in [-0.05, 0) is 45.8 Å². The summed E-state index contributed by atoms with van der Waals surface area (Å²) in [6, 6.07) is 0. The molecule has 1 heterocycles. The Kier molecular flexibility index (Phi) is 4.79. The van der Waals surface area contributed by atoms with Crippen molar-refractivity contribution in [3.05, 3.63) is 0 Å². The van der Waals surface area contributed by atoms with E-state index in [2.05, 4.69) is 23.9 Å². The van der Waals surface area contributed by atoms with Crippen molar-refractivity contribution in [2.45, 2.75) is 38.5 Å². The molecular formula is C15H28N2O. The van der Waals surface area contributed by atoms with Crippen molar-refractivity contribution >= 4 is 6.29 Å². The molecule has 1 unspecified atom stereocenters. The van der Waals surface area contributed by atoms with E-state index in [1.807, 2.05) is 0 Å². The van der Waals surface area contributed by atoms with Gasteiger partial charge in [-0.15, -0.1) is 0 Å². The first-order chi connectivity index (χ1) is 8.63. The fourth-order valence-corrected chi connectivity index (χ4v) is 3.79. The van der Waals surface area contributed by atoms with Crippen LogP contribution in [0.2, 0.25) is 0 Å². The lowest BCUT2D eigenvalue weighted by Crippen LogP contribution is -2.40. The third-order valence-electron chi connectivity index (χ3n) is 4.74. The maximum Gasteiger partial charge on any atom is 0.127 e. The van der Waals surface area contributed by atoms with E-state index in [0.717, 1.165) is 31.8 Å². The van der Waals surface area contributed by atoms with E-state index < -0.39 is 0 Å². The summed E-state index contributed by atoms with van der Waals surface area (Å²) in [5, 5.41) is 0. The number of nitrogens with zero attached hydrogens (tertiary/aromatic N) is 2. The van der Waals surface area contributed by atoms with Crippen LogP contribution in [0.4, 0.5) is 0 Å². The van der Waals surface area contributed by atoms with Crippen molar-refractivity contribution < 1.29 is 4.79 Å². The zero-order valence-corrected chi connectivity index (χ0v) is 12.0. The molecule has 2 aliphatic rings. The van der Waals surface area contributed by atoms with Crippen molar-refractivity contribution in [2.75, 3.05) is 40.3 Å². The van der Waals surface area contributed by atoms with Crippen LogP contribution in [-0.2, 0) is 4.79 Å². The first-order valence-corrected chi connectivity index (χ1v) is 7.47. The zero-order valence-electron chi connectivity index (χ0n) is 12.0. The van der Waals surface area contributed by atoms with Gasteiger partial charge in [-0.25, -0.2) is 0 Å². The summed E-state index contributed by atoms with van der Waals surface area (Å²) in [6.07, 6.45) is 8.55. The van der Waals surface area contributed by atoms with Crippen LogP contribution >= 0.6 is 0 Å². The molecular weight excluding hydrogens is 224 g/mol. The predicted octanol–water partition coefficient (Wildman–Crippen LogP) is 2.02. The van der Waals surface area contributed by atoms with Crippen LogP contribution in [0.3, 0.4) is 0 Å². The second kappa shape index (κ2) is 6.16. The molecule has 1 aliphatic heterocycles. The molecule has 0 amide bonds. The molecule has 1 saturated carbocycles. The van der Waals surface area contributed by atoms with Gasteiger partial charge in [0.25, 0.3) is 0 Å². The van der Waals surface area contributed by atoms with E-state index in [0.29, 0.717) is 0 Å². The van der Waals surface area contributed by atoms with Crippen LogP contribution in [0.15, 0.2) is 0 Å². The predicted molar refractivity (Wildman–Crippen MR) is 74.7 cm³/mol. The molecule has 0 radical (unpaired) electrons. The molecule has 0 bridgehead atoms. The summed E-state index contributed by atoms with van der Waals surface area (Å²) in [5.74, 6) is 0.798. The van der Waals surface area contributed by atoms with Gasteiger partial charge in [0.2, 0.25) is 0 Å². The van der Waals surface area contributed by atoms with Crippen LogP contribution < -0.4 is 0 Å². The standard InChI is InChI=1S/C15H28N2O/c1-16-9-6-14(10-16)11-17(2)12-15(13-18)7-4-3-5-8-15/h13-14H,3-12H2,1-2H3. The van der Waals surface area contributed by atoms with Gasteiger partial charge in [-0.1, -0.05) is 19.3 Å². The van der Waals surface area contributed by atoms with E-state index >= 15 is 0 Å². The monoisotopic (exact) mass is 252 g/mol. The Balaban J connectivity index is 1.81. The number of rotatable bonds is 5. The Bertz CT molecular complexity index is 274. The number of aldehydes is 1. The first-order valence-electron chi connectivity index (χ1n) is 7.47. The minimum atomic E-state index is -0.0303. The van der Waals surface area contributed by atoms with Gasteiger partial charge in [0.05, 0.1) is 0 Å². The topological polar surface area (TPSA) is 23.6 Å². The fraction of sp³-hybridized carbons (Fsp3) is 0.933. The van der Waals surface area contributed by atoms with Crippen molar-refractivity contribution in [1.29, 1.82) is 0 Å². The van der Waals surface area contributed by atoms with Gasteiger partial charge < -0.3 is 14.6 Å². The first kappa shape index (κ1) is 14.0. The maximum atomic E-state index is 11.5. The average molecular weight is 252 g/mol. The van der Waals surface area contributed by atoms with Crippen molar-refractivity contribution in [3.63, 3.8) is 0 Å². The van der Waals surface area contributed by atoms with E-state index in [9.17, 15) is 4.79 Å². The summed E-state index contributed by atoms with van der Waals surface area (Å²) < 4.78 is 0. The molecule has 1 saturated heterocycles. The van der Waals surface area contributed by atoms with Gasteiger partial charge in [-0.3, -0.25) is 0 Å². The van der Waals surface area contributed by atoms with E-state index in [4.69, 9.17) is 0 Å². The smallest absolute Gasteiger partial charge is 0.127 e. The summed E-state index contributed by atoms with van der Waals surface area (Å²) in [7, 11) is 4.40. The van der Waals surface area contributed by atoms with Crippen molar-refractivity contribution in [1.82, 2.24) is 9.80 Å². The van der Waals surface area contributed by atoms with Crippen molar-refractivity contribution in [3.8, 4) is 0 Å². The SMILES string of the molecule is CN1CCC(CN(C)CC2(C=O)CCCCC2)C1. The van der Waals surface area contributed by atoms with E-state index in [1.54, 1.807) is 0 Å². The van der Waals surface area contributed by atoms with Gasteiger partial charge in [0.15, 0.2) is 0 Å².